The summed E-state index contributed by atoms with van der Waals surface area (Å²) in [5.74, 6) is -1.10. The highest BCUT2D eigenvalue weighted by molar-refractivity contribution is 5.93. The standard InChI is InChI=1S/C13H17N3O5/c1-3-4-11(12(17)18)15-13(19)14-10-6-5-9(16(20)21)7-8(10)2/h5-7,11H,3-4H2,1-2H3,(H,17,18)(H2,14,15,19)/t11-/m1/s1. The molecule has 114 valence electrons. The summed E-state index contributed by atoms with van der Waals surface area (Å²) in [4.78, 5) is 32.8. The Balaban J connectivity index is 2.74. The van der Waals surface area contributed by atoms with Gasteiger partial charge in [0.15, 0.2) is 0 Å². The van der Waals surface area contributed by atoms with Crippen LogP contribution in [0.4, 0.5) is 16.2 Å². The third-order valence-electron chi connectivity index (χ3n) is 2.85. The number of nitrogens with one attached hydrogen (secondary N) is 2. The number of carbonyl (C=O) groups is 2. The van der Waals surface area contributed by atoms with E-state index in [2.05, 4.69) is 10.6 Å². The largest absolute Gasteiger partial charge is 0.480 e. The van der Waals surface area contributed by atoms with Crippen molar-refractivity contribution >= 4 is 23.4 Å². The number of urea groups is 1. The van der Waals surface area contributed by atoms with Gasteiger partial charge in [0.1, 0.15) is 6.04 Å². The van der Waals surface area contributed by atoms with Gasteiger partial charge < -0.3 is 15.7 Å². The van der Waals surface area contributed by atoms with Gasteiger partial charge in [0.05, 0.1) is 4.92 Å². The second kappa shape index (κ2) is 7.22. The molecule has 0 unspecified atom stereocenters. The number of benzene rings is 1. The monoisotopic (exact) mass is 295 g/mol. The van der Waals surface area contributed by atoms with Crippen LogP contribution in [0.5, 0.6) is 0 Å². The zero-order valence-electron chi connectivity index (χ0n) is 11.8. The number of carbonyl (C=O) groups excluding carboxylic acids is 1. The maximum atomic E-state index is 11.8. The quantitative estimate of drug-likeness (QED) is 0.549. The van der Waals surface area contributed by atoms with Crippen LogP contribution in [0.2, 0.25) is 0 Å². The molecule has 21 heavy (non-hydrogen) atoms. The number of nitrogens with zero attached hydrogens (tertiary/aromatic N) is 1. The molecule has 0 aliphatic carbocycles. The molecule has 3 N–H and O–H groups in total. The molecular weight excluding hydrogens is 278 g/mol. The van der Waals surface area contributed by atoms with Gasteiger partial charge in [-0.1, -0.05) is 13.3 Å². The molecule has 1 aromatic rings. The minimum absolute atomic E-state index is 0.0761. The number of nitro benzene ring substituents is 1. The summed E-state index contributed by atoms with van der Waals surface area (Å²) in [6, 6.07) is 2.38. The van der Waals surface area contributed by atoms with Crippen molar-refractivity contribution in [2.45, 2.75) is 32.7 Å². The molecule has 1 rings (SSSR count). The maximum Gasteiger partial charge on any atom is 0.326 e. The normalized spacial score (nSPS) is 11.5. The van der Waals surface area contributed by atoms with Crippen molar-refractivity contribution in [1.29, 1.82) is 0 Å². The summed E-state index contributed by atoms with van der Waals surface area (Å²) < 4.78 is 0. The van der Waals surface area contributed by atoms with E-state index in [0.717, 1.165) is 0 Å². The Bertz CT molecular complexity index is 559. The lowest BCUT2D eigenvalue weighted by molar-refractivity contribution is -0.384. The van der Waals surface area contributed by atoms with Gasteiger partial charge in [-0.05, 0) is 25.0 Å². The van der Waals surface area contributed by atoms with E-state index in [1.165, 1.54) is 18.2 Å². The van der Waals surface area contributed by atoms with E-state index in [9.17, 15) is 19.7 Å². The minimum Gasteiger partial charge on any atom is -0.480 e. The van der Waals surface area contributed by atoms with Crippen molar-refractivity contribution in [1.82, 2.24) is 5.32 Å². The Morgan fingerprint density at radius 2 is 2.10 bits per heavy atom. The molecule has 0 spiro atoms. The number of nitro groups is 1. The fourth-order valence-electron chi connectivity index (χ4n) is 1.76. The average Bonchev–Trinajstić information content (AvgIpc) is 2.40. The Labute approximate surface area is 121 Å². The fourth-order valence-corrected chi connectivity index (χ4v) is 1.76. The van der Waals surface area contributed by atoms with Crippen LogP contribution < -0.4 is 10.6 Å². The molecule has 0 aromatic heterocycles. The van der Waals surface area contributed by atoms with Crippen LogP contribution >= 0.6 is 0 Å². The highest BCUT2D eigenvalue weighted by Gasteiger charge is 2.19. The van der Waals surface area contributed by atoms with Crippen molar-refractivity contribution in [3.05, 3.63) is 33.9 Å². The minimum atomic E-state index is -1.10. The van der Waals surface area contributed by atoms with Crippen molar-refractivity contribution in [3.63, 3.8) is 0 Å². The van der Waals surface area contributed by atoms with Gasteiger partial charge in [0, 0.05) is 17.8 Å². The van der Waals surface area contributed by atoms with Crippen LogP contribution in [-0.4, -0.2) is 28.1 Å². The van der Waals surface area contributed by atoms with Gasteiger partial charge >= 0.3 is 12.0 Å². The summed E-state index contributed by atoms with van der Waals surface area (Å²) in [7, 11) is 0. The predicted molar refractivity (Wildman–Crippen MR) is 76.3 cm³/mol. The molecule has 0 saturated heterocycles. The summed E-state index contributed by atoms with van der Waals surface area (Å²) in [5.41, 5.74) is 0.827. The number of rotatable bonds is 6. The van der Waals surface area contributed by atoms with Gasteiger partial charge in [0.2, 0.25) is 0 Å². The molecule has 0 radical (unpaired) electrons. The molecule has 0 saturated carbocycles. The van der Waals surface area contributed by atoms with E-state index in [4.69, 9.17) is 5.11 Å². The number of aliphatic carboxylic acids is 1. The number of hydrogen-bond donors (Lipinski definition) is 3. The highest BCUT2D eigenvalue weighted by Crippen LogP contribution is 2.21. The van der Waals surface area contributed by atoms with Gasteiger partial charge in [-0.2, -0.15) is 0 Å². The molecule has 1 atom stereocenters. The van der Waals surface area contributed by atoms with Crippen LogP contribution in [0.1, 0.15) is 25.3 Å². The lowest BCUT2D eigenvalue weighted by atomic mass is 10.1. The predicted octanol–water partition coefficient (Wildman–Crippen LogP) is 2.28. The summed E-state index contributed by atoms with van der Waals surface area (Å²) >= 11 is 0. The van der Waals surface area contributed by atoms with E-state index >= 15 is 0 Å². The van der Waals surface area contributed by atoms with E-state index in [1.54, 1.807) is 6.92 Å². The Morgan fingerprint density at radius 1 is 1.43 bits per heavy atom. The van der Waals surface area contributed by atoms with Gasteiger partial charge in [-0.3, -0.25) is 10.1 Å². The van der Waals surface area contributed by atoms with Gasteiger partial charge in [-0.25, -0.2) is 9.59 Å². The first kappa shape index (κ1) is 16.4. The molecule has 0 heterocycles. The number of carboxylic acid groups (broad SMARTS) is 1. The van der Waals surface area contributed by atoms with Crippen molar-refractivity contribution in [2.24, 2.45) is 0 Å². The first-order valence-corrected chi connectivity index (χ1v) is 6.40. The van der Waals surface area contributed by atoms with E-state index < -0.39 is 23.0 Å². The molecule has 0 bridgehead atoms. The second-order valence-corrected chi connectivity index (χ2v) is 4.53. The number of carboxylic acids is 1. The Kier molecular flexibility index (Phi) is 5.65. The molecule has 0 aliphatic heterocycles. The molecule has 1 aromatic carbocycles. The van der Waals surface area contributed by atoms with Crippen molar-refractivity contribution in [3.8, 4) is 0 Å². The topological polar surface area (TPSA) is 122 Å². The van der Waals surface area contributed by atoms with Crippen LogP contribution in [0.25, 0.3) is 0 Å². The first-order valence-electron chi connectivity index (χ1n) is 6.40. The zero-order chi connectivity index (χ0) is 16.0. The van der Waals surface area contributed by atoms with Crippen LogP contribution in [0.3, 0.4) is 0 Å². The third kappa shape index (κ3) is 4.75. The Hall–Kier alpha value is -2.64. The molecule has 0 aliphatic rings. The summed E-state index contributed by atoms with van der Waals surface area (Å²) in [5, 5.41) is 24.4. The van der Waals surface area contributed by atoms with E-state index in [0.29, 0.717) is 24.1 Å². The number of aryl methyl sites for hydroxylation is 1. The number of hydrogen-bond acceptors (Lipinski definition) is 4. The lowest BCUT2D eigenvalue weighted by Gasteiger charge is -2.15. The van der Waals surface area contributed by atoms with E-state index in [1.807, 2.05) is 6.92 Å². The van der Waals surface area contributed by atoms with Crippen LogP contribution in [0.15, 0.2) is 18.2 Å². The number of non-ortho nitro benzene ring substituents is 1. The number of amides is 2. The molecule has 8 nitrogen and oxygen atoms in total. The van der Waals surface area contributed by atoms with Crippen molar-refractivity contribution in [2.75, 3.05) is 5.32 Å². The zero-order valence-corrected chi connectivity index (χ0v) is 11.8. The lowest BCUT2D eigenvalue weighted by Crippen LogP contribution is -2.42. The SMILES string of the molecule is CCC[C@@H](NC(=O)Nc1ccc([N+](=O)[O-])cc1C)C(=O)O. The molecule has 2 amide bonds. The van der Waals surface area contributed by atoms with Crippen molar-refractivity contribution < 1.29 is 19.6 Å². The van der Waals surface area contributed by atoms with Gasteiger partial charge in [0.25, 0.3) is 5.69 Å². The van der Waals surface area contributed by atoms with Gasteiger partial charge in [-0.15, -0.1) is 0 Å². The second-order valence-electron chi connectivity index (χ2n) is 4.53. The van der Waals surface area contributed by atoms with Crippen LogP contribution in [-0.2, 0) is 4.79 Å². The number of anilines is 1. The third-order valence-corrected chi connectivity index (χ3v) is 2.85. The molecule has 8 heteroatoms. The Morgan fingerprint density at radius 3 is 2.57 bits per heavy atom. The summed E-state index contributed by atoms with van der Waals surface area (Å²) in [6.07, 6.45) is 0.940. The van der Waals surface area contributed by atoms with Crippen LogP contribution in [0, 0.1) is 17.0 Å². The highest BCUT2D eigenvalue weighted by atomic mass is 16.6. The first-order chi connectivity index (χ1) is 9.85. The fraction of sp³-hybridized carbons (Fsp3) is 0.385. The average molecular weight is 295 g/mol. The molecular formula is C13H17N3O5. The maximum absolute atomic E-state index is 11.8. The smallest absolute Gasteiger partial charge is 0.326 e. The summed E-state index contributed by atoms with van der Waals surface area (Å²) in [6.45, 7) is 3.43. The van der Waals surface area contributed by atoms with E-state index in [-0.39, 0.29) is 5.69 Å². The molecule has 0 fully saturated rings.